The molecule has 1 saturated heterocycles. The second-order valence-electron chi connectivity index (χ2n) is 8.17. The molecule has 1 aliphatic rings. The van der Waals surface area contributed by atoms with Crippen LogP contribution in [0, 0.1) is 5.92 Å². The Morgan fingerprint density at radius 1 is 1.15 bits per heavy atom. The number of nitrogens with zero attached hydrogens (tertiary/aromatic N) is 4. The van der Waals surface area contributed by atoms with Crippen molar-refractivity contribution in [2.45, 2.75) is 52.0 Å². The van der Waals surface area contributed by atoms with E-state index in [0.717, 1.165) is 43.6 Å². The van der Waals surface area contributed by atoms with Crippen LogP contribution in [-0.2, 0) is 4.79 Å². The van der Waals surface area contributed by atoms with Crippen LogP contribution >= 0.6 is 0 Å². The van der Waals surface area contributed by atoms with Crippen molar-refractivity contribution in [3.05, 3.63) is 24.7 Å². The highest BCUT2D eigenvalue weighted by Crippen LogP contribution is 2.29. The van der Waals surface area contributed by atoms with Crippen LogP contribution < -0.4 is 10.2 Å². The van der Waals surface area contributed by atoms with E-state index in [9.17, 15) is 4.79 Å². The molecule has 0 aromatic carbocycles. The van der Waals surface area contributed by atoms with Crippen molar-refractivity contribution in [2.24, 2.45) is 5.92 Å². The third-order valence-corrected chi connectivity index (χ3v) is 4.95. The predicted molar refractivity (Wildman–Crippen MR) is 104 cm³/mol. The number of carbonyl (C=O) groups is 1. The maximum Gasteiger partial charge on any atom is 0.180 e. The number of Topliss-reactive ketones (excluding diaryl/α,β-unsaturated/α-hetero) is 1. The SMILES string of the molecule is CC(C)(C)NCC(=O)CCC1CCN(c2ccnc3nccnc23)CC1. The number of ketones is 1. The molecule has 0 atom stereocenters. The molecule has 0 spiro atoms. The van der Waals surface area contributed by atoms with Gasteiger partial charge in [-0.25, -0.2) is 15.0 Å². The first kappa shape index (κ1) is 18.7. The van der Waals surface area contributed by atoms with Crippen LogP contribution in [0.2, 0.25) is 0 Å². The summed E-state index contributed by atoms with van der Waals surface area (Å²) in [5, 5.41) is 3.28. The number of aromatic nitrogens is 3. The maximum absolute atomic E-state index is 12.1. The van der Waals surface area contributed by atoms with E-state index in [2.05, 4.69) is 45.9 Å². The fourth-order valence-corrected chi connectivity index (χ4v) is 3.40. The Balaban J connectivity index is 1.49. The molecule has 1 N–H and O–H groups in total. The fraction of sp³-hybridized carbons (Fsp3) is 0.600. The van der Waals surface area contributed by atoms with Crippen LogP contribution in [0.5, 0.6) is 0 Å². The number of piperidine rings is 1. The molecule has 2 aromatic heterocycles. The normalized spacial score (nSPS) is 16.2. The monoisotopic (exact) mass is 355 g/mol. The molecule has 3 heterocycles. The van der Waals surface area contributed by atoms with Crippen molar-refractivity contribution in [2.75, 3.05) is 24.5 Å². The van der Waals surface area contributed by atoms with Gasteiger partial charge in [-0.05, 0) is 52.0 Å². The van der Waals surface area contributed by atoms with E-state index >= 15 is 0 Å². The van der Waals surface area contributed by atoms with E-state index in [0.29, 0.717) is 30.3 Å². The predicted octanol–water partition coefficient (Wildman–Crippen LogP) is 2.98. The fourth-order valence-electron chi connectivity index (χ4n) is 3.40. The summed E-state index contributed by atoms with van der Waals surface area (Å²) in [6.07, 6.45) is 9.11. The minimum atomic E-state index is -0.00277. The van der Waals surface area contributed by atoms with Gasteiger partial charge in [0.15, 0.2) is 5.65 Å². The van der Waals surface area contributed by atoms with Gasteiger partial charge >= 0.3 is 0 Å². The van der Waals surface area contributed by atoms with E-state index in [1.54, 1.807) is 18.6 Å². The van der Waals surface area contributed by atoms with Crippen molar-refractivity contribution in [1.82, 2.24) is 20.3 Å². The molecule has 26 heavy (non-hydrogen) atoms. The molecule has 0 radical (unpaired) electrons. The Kier molecular flexibility index (Phi) is 5.81. The lowest BCUT2D eigenvalue weighted by molar-refractivity contribution is -0.118. The van der Waals surface area contributed by atoms with Gasteiger partial charge in [0, 0.05) is 43.6 Å². The van der Waals surface area contributed by atoms with Gasteiger partial charge in [-0.1, -0.05) is 0 Å². The molecule has 2 aromatic rings. The van der Waals surface area contributed by atoms with Gasteiger partial charge < -0.3 is 10.2 Å². The lowest BCUT2D eigenvalue weighted by atomic mass is 9.91. The summed E-state index contributed by atoms with van der Waals surface area (Å²) in [6, 6.07) is 2.03. The number of rotatable bonds is 6. The van der Waals surface area contributed by atoms with Crippen LogP contribution in [0.1, 0.15) is 46.5 Å². The number of nitrogens with one attached hydrogen (secondary N) is 1. The zero-order valence-corrected chi connectivity index (χ0v) is 16.0. The summed E-state index contributed by atoms with van der Waals surface area (Å²) in [6.45, 7) is 8.73. The van der Waals surface area contributed by atoms with Gasteiger partial charge in [0.25, 0.3) is 0 Å². The average molecular weight is 355 g/mol. The largest absolute Gasteiger partial charge is 0.370 e. The zero-order valence-electron chi connectivity index (χ0n) is 16.0. The van der Waals surface area contributed by atoms with Crippen LogP contribution in [0.25, 0.3) is 11.2 Å². The summed E-state index contributed by atoms with van der Waals surface area (Å²) in [5.41, 5.74) is 2.69. The molecule has 6 heteroatoms. The lowest BCUT2D eigenvalue weighted by Gasteiger charge is -2.33. The van der Waals surface area contributed by atoms with Gasteiger partial charge in [0.05, 0.1) is 12.2 Å². The van der Waals surface area contributed by atoms with Gasteiger partial charge in [-0.3, -0.25) is 4.79 Å². The van der Waals surface area contributed by atoms with Crippen molar-refractivity contribution in [3.63, 3.8) is 0 Å². The minimum absolute atomic E-state index is 0.00277. The van der Waals surface area contributed by atoms with Crippen molar-refractivity contribution in [3.8, 4) is 0 Å². The Bertz CT molecular complexity index is 742. The number of anilines is 1. The van der Waals surface area contributed by atoms with Gasteiger partial charge in [-0.2, -0.15) is 0 Å². The molecule has 6 nitrogen and oxygen atoms in total. The summed E-state index contributed by atoms with van der Waals surface area (Å²) >= 11 is 0. The summed E-state index contributed by atoms with van der Waals surface area (Å²) in [4.78, 5) is 27.5. The van der Waals surface area contributed by atoms with Crippen molar-refractivity contribution >= 4 is 22.6 Å². The first-order chi connectivity index (χ1) is 12.4. The summed E-state index contributed by atoms with van der Waals surface area (Å²) in [7, 11) is 0. The van der Waals surface area contributed by atoms with E-state index < -0.39 is 0 Å². The standard InChI is InChI=1S/C20H29N5O/c1-20(2,3)24-14-16(26)5-4-15-7-12-25(13-8-15)17-6-9-22-19-18(17)21-10-11-23-19/h6,9-11,15,24H,4-5,7-8,12-14H2,1-3H3. The molecule has 0 aliphatic carbocycles. The molecule has 140 valence electrons. The Hall–Kier alpha value is -2.08. The summed E-state index contributed by atoms with van der Waals surface area (Å²) < 4.78 is 0. The van der Waals surface area contributed by atoms with Crippen LogP contribution in [-0.4, -0.2) is 45.9 Å². The number of hydrogen-bond donors (Lipinski definition) is 1. The highest BCUT2D eigenvalue weighted by atomic mass is 16.1. The number of carbonyl (C=O) groups excluding carboxylic acids is 1. The van der Waals surface area contributed by atoms with Crippen LogP contribution in [0.15, 0.2) is 24.7 Å². The number of fused-ring (bicyclic) bond motifs is 1. The molecule has 3 rings (SSSR count). The lowest BCUT2D eigenvalue weighted by Crippen LogP contribution is -2.39. The molecular formula is C20H29N5O. The second-order valence-corrected chi connectivity index (χ2v) is 8.17. The molecule has 1 fully saturated rings. The highest BCUT2D eigenvalue weighted by molar-refractivity contribution is 5.85. The Morgan fingerprint density at radius 3 is 2.58 bits per heavy atom. The van der Waals surface area contributed by atoms with Crippen molar-refractivity contribution in [1.29, 1.82) is 0 Å². The minimum Gasteiger partial charge on any atom is -0.370 e. The molecule has 0 amide bonds. The van der Waals surface area contributed by atoms with E-state index in [4.69, 9.17) is 0 Å². The van der Waals surface area contributed by atoms with Gasteiger partial charge in [0.1, 0.15) is 11.3 Å². The first-order valence-electron chi connectivity index (χ1n) is 9.50. The van der Waals surface area contributed by atoms with Gasteiger partial charge in [0.2, 0.25) is 0 Å². The average Bonchev–Trinajstić information content (AvgIpc) is 2.64. The Labute approximate surface area is 155 Å². The molecule has 0 saturated carbocycles. The van der Waals surface area contributed by atoms with E-state index in [1.165, 1.54) is 0 Å². The highest BCUT2D eigenvalue weighted by Gasteiger charge is 2.22. The third-order valence-electron chi connectivity index (χ3n) is 4.95. The first-order valence-corrected chi connectivity index (χ1v) is 9.50. The van der Waals surface area contributed by atoms with Crippen molar-refractivity contribution < 1.29 is 4.79 Å². The maximum atomic E-state index is 12.1. The Morgan fingerprint density at radius 2 is 1.85 bits per heavy atom. The van der Waals surface area contributed by atoms with Crippen LogP contribution in [0.4, 0.5) is 5.69 Å². The summed E-state index contributed by atoms with van der Waals surface area (Å²) in [5.74, 6) is 0.946. The number of pyridine rings is 1. The quantitative estimate of drug-likeness (QED) is 0.859. The van der Waals surface area contributed by atoms with E-state index in [1.807, 2.05) is 6.07 Å². The number of hydrogen-bond acceptors (Lipinski definition) is 6. The zero-order chi connectivity index (χ0) is 18.6. The van der Waals surface area contributed by atoms with Gasteiger partial charge in [-0.15, -0.1) is 0 Å². The molecule has 0 unspecified atom stereocenters. The molecule has 1 aliphatic heterocycles. The molecular weight excluding hydrogens is 326 g/mol. The third kappa shape index (κ3) is 4.97. The molecule has 0 bridgehead atoms. The second kappa shape index (κ2) is 8.08. The van der Waals surface area contributed by atoms with E-state index in [-0.39, 0.29) is 5.54 Å². The smallest absolute Gasteiger partial charge is 0.180 e. The van der Waals surface area contributed by atoms with Crippen LogP contribution in [0.3, 0.4) is 0 Å². The topological polar surface area (TPSA) is 71.0 Å².